The summed E-state index contributed by atoms with van der Waals surface area (Å²) in [5.41, 5.74) is 5.54. The Morgan fingerprint density at radius 1 is 1.73 bits per heavy atom. The van der Waals surface area contributed by atoms with Crippen molar-refractivity contribution in [1.82, 2.24) is 4.90 Å². The summed E-state index contributed by atoms with van der Waals surface area (Å²) in [6.45, 7) is 5.59. The van der Waals surface area contributed by atoms with Gasteiger partial charge in [0, 0.05) is 13.1 Å². The Labute approximate surface area is 68.2 Å². The Balaban J connectivity index is 2.19. The van der Waals surface area contributed by atoms with Crippen LogP contribution in [0.5, 0.6) is 0 Å². The van der Waals surface area contributed by atoms with Gasteiger partial charge in [-0.15, -0.1) is 0 Å². The predicted molar refractivity (Wildman–Crippen MR) is 45.3 cm³/mol. The van der Waals surface area contributed by atoms with Crippen LogP contribution in [0, 0.1) is 5.92 Å². The second kappa shape index (κ2) is 4.04. The van der Waals surface area contributed by atoms with Crippen molar-refractivity contribution in [2.45, 2.75) is 19.4 Å². The molecule has 1 aliphatic heterocycles. The summed E-state index contributed by atoms with van der Waals surface area (Å²) in [5.74, 6) is 0.661. The van der Waals surface area contributed by atoms with Gasteiger partial charge in [0.05, 0.1) is 6.10 Å². The molecule has 1 aliphatic rings. The fourth-order valence-corrected chi connectivity index (χ4v) is 1.64. The Morgan fingerprint density at radius 3 is 2.91 bits per heavy atom. The first-order valence-corrected chi connectivity index (χ1v) is 4.33. The van der Waals surface area contributed by atoms with E-state index in [1.807, 2.05) is 6.92 Å². The third-order valence-corrected chi connectivity index (χ3v) is 2.23. The molecule has 66 valence electrons. The highest BCUT2D eigenvalue weighted by Crippen LogP contribution is 2.14. The number of nitrogens with zero attached hydrogens (tertiary/aromatic N) is 1. The maximum absolute atomic E-state index is 9.10. The molecule has 1 unspecified atom stereocenters. The number of hydrogen-bond donors (Lipinski definition) is 2. The molecule has 1 saturated heterocycles. The van der Waals surface area contributed by atoms with Gasteiger partial charge < -0.3 is 15.7 Å². The van der Waals surface area contributed by atoms with Gasteiger partial charge in [-0.3, -0.25) is 0 Å². The van der Waals surface area contributed by atoms with Gasteiger partial charge in [0.15, 0.2) is 0 Å². The van der Waals surface area contributed by atoms with E-state index in [4.69, 9.17) is 10.8 Å². The molecule has 0 spiro atoms. The van der Waals surface area contributed by atoms with Crippen LogP contribution in [-0.2, 0) is 0 Å². The van der Waals surface area contributed by atoms with Gasteiger partial charge in [-0.25, -0.2) is 0 Å². The molecule has 0 saturated carbocycles. The van der Waals surface area contributed by atoms with Crippen molar-refractivity contribution in [3.8, 4) is 0 Å². The lowest BCUT2D eigenvalue weighted by Crippen LogP contribution is -2.29. The zero-order valence-corrected chi connectivity index (χ0v) is 7.16. The molecule has 3 N–H and O–H groups in total. The van der Waals surface area contributed by atoms with Crippen LogP contribution in [0.3, 0.4) is 0 Å². The van der Waals surface area contributed by atoms with E-state index in [-0.39, 0.29) is 6.10 Å². The number of β-amino-alcohol motifs (C(OH)–C–C–N with tert-alkyl or cyclic N) is 1. The Hall–Kier alpha value is -0.120. The second-order valence-electron chi connectivity index (χ2n) is 3.50. The number of aliphatic hydroxyl groups is 1. The molecule has 3 nitrogen and oxygen atoms in total. The van der Waals surface area contributed by atoms with Gasteiger partial charge >= 0.3 is 0 Å². The van der Waals surface area contributed by atoms with Crippen LogP contribution in [0.1, 0.15) is 13.3 Å². The number of hydrogen-bond acceptors (Lipinski definition) is 3. The minimum absolute atomic E-state index is 0.202. The van der Waals surface area contributed by atoms with Gasteiger partial charge in [-0.05, 0) is 32.4 Å². The molecule has 0 aromatic carbocycles. The molecule has 0 aromatic rings. The van der Waals surface area contributed by atoms with Crippen molar-refractivity contribution >= 4 is 0 Å². The summed E-state index contributed by atoms with van der Waals surface area (Å²) in [7, 11) is 0. The van der Waals surface area contributed by atoms with E-state index in [2.05, 4.69) is 4.90 Å². The third-order valence-electron chi connectivity index (χ3n) is 2.23. The SMILES string of the molecule is C[C@@H](O)CN1CCC(CN)C1. The normalized spacial score (nSPS) is 29.2. The number of nitrogens with two attached hydrogens (primary N) is 1. The Bertz CT molecular complexity index is 117. The smallest absolute Gasteiger partial charge is 0.0639 e. The first-order valence-electron chi connectivity index (χ1n) is 4.33. The first-order chi connectivity index (χ1) is 5.22. The molecule has 0 bridgehead atoms. The monoisotopic (exact) mass is 158 g/mol. The van der Waals surface area contributed by atoms with E-state index in [0.717, 1.165) is 26.2 Å². The van der Waals surface area contributed by atoms with Crippen molar-refractivity contribution in [3.63, 3.8) is 0 Å². The summed E-state index contributed by atoms with van der Waals surface area (Å²) in [6, 6.07) is 0. The van der Waals surface area contributed by atoms with E-state index in [0.29, 0.717) is 5.92 Å². The molecular weight excluding hydrogens is 140 g/mol. The molecule has 0 radical (unpaired) electrons. The van der Waals surface area contributed by atoms with Crippen molar-refractivity contribution < 1.29 is 5.11 Å². The average molecular weight is 158 g/mol. The topological polar surface area (TPSA) is 49.5 Å². The number of aliphatic hydroxyl groups excluding tert-OH is 1. The second-order valence-corrected chi connectivity index (χ2v) is 3.50. The maximum atomic E-state index is 9.10. The zero-order valence-electron chi connectivity index (χ0n) is 7.16. The van der Waals surface area contributed by atoms with Crippen LogP contribution < -0.4 is 5.73 Å². The van der Waals surface area contributed by atoms with Crippen LogP contribution >= 0.6 is 0 Å². The van der Waals surface area contributed by atoms with Crippen molar-refractivity contribution in [2.24, 2.45) is 11.7 Å². The summed E-state index contributed by atoms with van der Waals surface area (Å²) in [4.78, 5) is 2.28. The van der Waals surface area contributed by atoms with E-state index < -0.39 is 0 Å². The Morgan fingerprint density at radius 2 is 2.45 bits per heavy atom. The zero-order chi connectivity index (χ0) is 8.27. The molecule has 0 aromatic heterocycles. The number of likely N-dealkylation sites (tertiary alicyclic amines) is 1. The van der Waals surface area contributed by atoms with E-state index >= 15 is 0 Å². The fourth-order valence-electron chi connectivity index (χ4n) is 1.64. The van der Waals surface area contributed by atoms with Crippen molar-refractivity contribution in [2.75, 3.05) is 26.2 Å². The van der Waals surface area contributed by atoms with Crippen molar-refractivity contribution in [1.29, 1.82) is 0 Å². The highest BCUT2D eigenvalue weighted by Gasteiger charge is 2.21. The molecule has 1 rings (SSSR count). The average Bonchev–Trinajstić information content (AvgIpc) is 2.34. The molecular formula is C8H18N2O. The maximum Gasteiger partial charge on any atom is 0.0639 e. The van der Waals surface area contributed by atoms with E-state index in [9.17, 15) is 0 Å². The molecule has 0 aliphatic carbocycles. The molecule has 1 fully saturated rings. The van der Waals surface area contributed by atoms with Crippen LogP contribution in [-0.4, -0.2) is 42.3 Å². The lowest BCUT2D eigenvalue weighted by Gasteiger charge is -2.16. The largest absolute Gasteiger partial charge is 0.392 e. The summed E-state index contributed by atoms with van der Waals surface area (Å²) >= 11 is 0. The fraction of sp³-hybridized carbons (Fsp3) is 1.00. The molecule has 0 amide bonds. The van der Waals surface area contributed by atoms with Gasteiger partial charge in [0.2, 0.25) is 0 Å². The summed E-state index contributed by atoms with van der Waals surface area (Å²) < 4.78 is 0. The van der Waals surface area contributed by atoms with Gasteiger partial charge in [-0.1, -0.05) is 0 Å². The van der Waals surface area contributed by atoms with Gasteiger partial charge in [-0.2, -0.15) is 0 Å². The molecule has 2 atom stereocenters. The van der Waals surface area contributed by atoms with E-state index in [1.165, 1.54) is 6.42 Å². The highest BCUT2D eigenvalue weighted by molar-refractivity contribution is 4.76. The van der Waals surface area contributed by atoms with E-state index in [1.54, 1.807) is 0 Å². The lowest BCUT2D eigenvalue weighted by molar-refractivity contribution is 0.139. The molecule has 11 heavy (non-hydrogen) atoms. The summed E-state index contributed by atoms with van der Waals surface area (Å²) in [6.07, 6.45) is 0.995. The minimum atomic E-state index is -0.202. The van der Waals surface area contributed by atoms with Crippen LogP contribution in [0.25, 0.3) is 0 Å². The molecule has 3 heteroatoms. The van der Waals surface area contributed by atoms with Crippen LogP contribution in [0.4, 0.5) is 0 Å². The van der Waals surface area contributed by atoms with Gasteiger partial charge in [0.25, 0.3) is 0 Å². The van der Waals surface area contributed by atoms with Crippen LogP contribution in [0.2, 0.25) is 0 Å². The number of rotatable bonds is 3. The summed E-state index contributed by atoms with van der Waals surface area (Å²) in [5, 5.41) is 9.10. The molecule has 1 heterocycles. The standard InChI is InChI=1S/C8H18N2O/c1-7(11)5-10-3-2-8(4-9)6-10/h7-8,11H,2-6,9H2,1H3/t7-,8?/m1/s1. The van der Waals surface area contributed by atoms with Crippen molar-refractivity contribution in [3.05, 3.63) is 0 Å². The highest BCUT2D eigenvalue weighted by atomic mass is 16.3. The van der Waals surface area contributed by atoms with Gasteiger partial charge in [0.1, 0.15) is 0 Å². The lowest BCUT2D eigenvalue weighted by atomic mass is 10.1. The quantitative estimate of drug-likeness (QED) is 0.590. The van der Waals surface area contributed by atoms with Crippen LogP contribution in [0.15, 0.2) is 0 Å². The minimum Gasteiger partial charge on any atom is -0.392 e. The Kier molecular flexibility index (Phi) is 3.30. The predicted octanol–water partition coefficient (Wildman–Crippen LogP) is -0.352. The third kappa shape index (κ3) is 2.77. The first kappa shape index (κ1) is 8.97.